The normalized spacial score (nSPS) is 23.4. The standard InChI is InChI=1S/C21H22O8/c1-27-15-6-4-12(5-7-15)2-3-13-8-14(23)10-16(9-13)28-21-20(26)19(25)18(24)17(11-22)29-21/h2-10,17-18,21-26H,11H2,1H3/b3-2+/t17-,18-,21-/m1/s1. The molecule has 0 bridgehead atoms. The Morgan fingerprint density at radius 3 is 2.28 bits per heavy atom. The van der Waals surface area contributed by atoms with E-state index in [1.165, 1.54) is 12.1 Å². The molecule has 0 spiro atoms. The summed E-state index contributed by atoms with van der Waals surface area (Å²) in [5, 5.41) is 48.7. The van der Waals surface area contributed by atoms with E-state index in [0.29, 0.717) is 5.56 Å². The fourth-order valence-electron chi connectivity index (χ4n) is 2.77. The van der Waals surface area contributed by atoms with Gasteiger partial charge in [0.25, 0.3) is 0 Å². The topological polar surface area (TPSA) is 129 Å². The highest BCUT2D eigenvalue weighted by atomic mass is 16.7. The van der Waals surface area contributed by atoms with Gasteiger partial charge in [0.05, 0.1) is 13.7 Å². The van der Waals surface area contributed by atoms with Gasteiger partial charge in [-0.05, 0) is 35.4 Å². The Morgan fingerprint density at radius 2 is 1.62 bits per heavy atom. The minimum absolute atomic E-state index is 0.0841. The third-order valence-electron chi connectivity index (χ3n) is 4.34. The van der Waals surface area contributed by atoms with Gasteiger partial charge in [0.2, 0.25) is 6.29 Å². The monoisotopic (exact) mass is 402 g/mol. The summed E-state index contributed by atoms with van der Waals surface area (Å²) in [4.78, 5) is 0. The van der Waals surface area contributed by atoms with Crippen LogP contribution in [-0.4, -0.2) is 57.7 Å². The van der Waals surface area contributed by atoms with Gasteiger partial charge in [-0.1, -0.05) is 24.3 Å². The summed E-state index contributed by atoms with van der Waals surface area (Å²) in [6, 6.07) is 11.8. The minimum Gasteiger partial charge on any atom is -0.508 e. The van der Waals surface area contributed by atoms with Gasteiger partial charge >= 0.3 is 0 Å². The van der Waals surface area contributed by atoms with Crippen LogP contribution in [0.3, 0.4) is 0 Å². The Hall–Kier alpha value is -2.62. The number of aliphatic hydroxyl groups excluding tert-OH is 4. The van der Waals surface area contributed by atoms with Crippen molar-refractivity contribution in [2.75, 3.05) is 13.7 Å². The van der Waals surface area contributed by atoms with E-state index in [2.05, 4.69) is 0 Å². The van der Waals surface area contributed by atoms with Crippen LogP contribution in [0.2, 0.25) is 0 Å². The highest BCUT2D eigenvalue weighted by molar-refractivity contribution is 5.71. The summed E-state index contributed by atoms with van der Waals surface area (Å²) >= 11 is 0. The second kappa shape index (κ2) is 9.25. The highest BCUT2D eigenvalue weighted by Gasteiger charge is 2.46. The van der Waals surface area contributed by atoms with Gasteiger partial charge in [0.15, 0.2) is 12.2 Å². The fourth-order valence-corrected chi connectivity index (χ4v) is 2.77. The van der Waals surface area contributed by atoms with Crippen molar-refractivity contribution in [1.29, 1.82) is 0 Å². The van der Waals surface area contributed by atoms with Crippen molar-refractivity contribution in [3.63, 3.8) is 0 Å². The lowest BCUT2D eigenvalue weighted by molar-refractivity contribution is -0.215. The van der Waals surface area contributed by atoms with Crippen LogP contribution in [0.5, 0.6) is 17.2 Å². The van der Waals surface area contributed by atoms with Crippen molar-refractivity contribution in [2.45, 2.75) is 18.5 Å². The maximum atomic E-state index is 9.97. The quantitative estimate of drug-likeness (QED) is 0.463. The molecule has 1 aliphatic heterocycles. The van der Waals surface area contributed by atoms with Gasteiger partial charge in [-0.2, -0.15) is 0 Å². The van der Waals surface area contributed by atoms with Crippen molar-refractivity contribution < 1.29 is 39.7 Å². The molecule has 8 nitrogen and oxygen atoms in total. The summed E-state index contributed by atoms with van der Waals surface area (Å²) < 4.78 is 15.9. The Bertz CT molecular complexity index is 833. The molecule has 1 fully saturated rings. The molecule has 29 heavy (non-hydrogen) atoms. The second-order valence-electron chi connectivity index (χ2n) is 6.39. The molecule has 1 aliphatic rings. The average Bonchev–Trinajstić information content (AvgIpc) is 2.72. The van der Waals surface area contributed by atoms with Crippen LogP contribution >= 0.6 is 0 Å². The first-order valence-corrected chi connectivity index (χ1v) is 8.80. The minimum atomic E-state index is -1.56. The molecule has 0 aliphatic carbocycles. The average molecular weight is 402 g/mol. The van der Waals surface area contributed by atoms with Gasteiger partial charge in [-0.25, -0.2) is 0 Å². The molecule has 154 valence electrons. The molecule has 0 aromatic heterocycles. The number of aromatic hydroxyl groups is 1. The third-order valence-corrected chi connectivity index (χ3v) is 4.34. The third kappa shape index (κ3) is 5.06. The number of hydrogen-bond donors (Lipinski definition) is 5. The van der Waals surface area contributed by atoms with Crippen molar-refractivity contribution >= 4 is 12.2 Å². The number of hydrogen-bond acceptors (Lipinski definition) is 8. The SMILES string of the molecule is COc1ccc(/C=C/c2cc(O)cc(O[C@@H]3O[C@H](CO)[C@@H](O)[C](O)[C]3O)c2)cc1. The Kier molecular flexibility index (Phi) is 6.73. The molecule has 0 saturated carbocycles. The number of ether oxygens (including phenoxy) is 3. The zero-order chi connectivity index (χ0) is 21.0. The van der Waals surface area contributed by atoms with E-state index in [4.69, 9.17) is 14.2 Å². The van der Waals surface area contributed by atoms with E-state index >= 15 is 0 Å². The highest BCUT2D eigenvalue weighted by Crippen LogP contribution is 2.33. The lowest BCUT2D eigenvalue weighted by atomic mass is 9.99. The molecule has 2 aromatic carbocycles. The predicted molar refractivity (Wildman–Crippen MR) is 103 cm³/mol. The van der Waals surface area contributed by atoms with Crippen molar-refractivity contribution in [3.8, 4) is 17.2 Å². The maximum absolute atomic E-state index is 9.97. The van der Waals surface area contributed by atoms with Crippen LogP contribution in [0, 0.1) is 12.2 Å². The Morgan fingerprint density at radius 1 is 0.931 bits per heavy atom. The van der Waals surface area contributed by atoms with Gasteiger partial charge in [0, 0.05) is 6.07 Å². The van der Waals surface area contributed by atoms with E-state index < -0.39 is 37.3 Å². The maximum Gasteiger partial charge on any atom is 0.235 e. The van der Waals surface area contributed by atoms with E-state index in [0.717, 1.165) is 11.3 Å². The number of benzene rings is 2. The van der Waals surface area contributed by atoms with Crippen LogP contribution in [0.15, 0.2) is 42.5 Å². The molecular weight excluding hydrogens is 380 g/mol. The van der Waals surface area contributed by atoms with Crippen LogP contribution in [-0.2, 0) is 4.74 Å². The summed E-state index contributed by atoms with van der Waals surface area (Å²) in [5.74, 6) is 0.807. The number of phenols is 1. The number of aliphatic hydroxyl groups is 4. The molecular formula is C21H22O8. The van der Waals surface area contributed by atoms with E-state index in [-0.39, 0.29) is 11.5 Å². The van der Waals surface area contributed by atoms with Gasteiger partial charge < -0.3 is 39.7 Å². The first-order valence-electron chi connectivity index (χ1n) is 8.80. The van der Waals surface area contributed by atoms with Gasteiger partial charge in [-0.3, -0.25) is 0 Å². The molecule has 8 heteroatoms. The number of rotatable bonds is 6. The summed E-state index contributed by atoms with van der Waals surface area (Å²) in [6.07, 6.45) is -2.04. The molecule has 1 heterocycles. The number of phenolic OH excluding ortho intramolecular Hbond substituents is 1. The Labute approximate surface area is 167 Å². The molecule has 2 aromatic rings. The zero-order valence-electron chi connectivity index (χ0n) is 15.6. The van der Waals surface area contributed by atoms with Gasteiger partial charge in [0.1, 0.15) is 29.5 Å². The van der Waals surface area contributed by atoms with Gasteiger partial charge in [-0.15, -0.1) is 0 Å². The molecule has 5 N–H and O–H groups in total. The summed E-state index contributed by atoms with van der Waals surface area (Å²) in [7, 11) is 1.59. The smallest absolute Gasteiger partial charge is 0.235 e. The fraction of sp³-hybridized carbons (Fsp3) is 0.238. The molecule has 3 atom stereocenters. The molecule has 0 unspecified atom stereocenters. The van der Waals surface area contributed by atoms with Crippen LogP contribution in [0.1, 0.15) is 11.1 Å². The molecule has 3 rings (SSSR count). The van der Waals surface area contributed by atoms with E-state index in [1.54, 1.807) is 19.3 Å². The van der Waals surface area contributed by atoms with Crippen LogP contribution < -0.4 is 9.47 Å². The van der Waals surface area contributed by atoms with Crippen molar-refractivity contribution in [2.24, 2.45) is 0 Å². The van der Waals surface area contributed by atoms with Crippen molar-refractivity contribution in [3.05, 3.63) is 65.8 Å². The first kappa shape index (κ1) is 21.1. The van der Waals surface area contributed by atoms with E-state index in [9.17, 15) is 25.5 Å². The first-order chi connectivity index (χ1) is 13.9. The molecule has 1 saturated heterocycles. The lowest BCUT2D eigenvalue weighted by Crippen LogP contribution is -2.52. The van der Waals surface area contributed by atoms with Crippen LogP contribution in [0.25, 0.3) is 12.2 Å². The number of methoxy groups -OCH3 is 1. The van der Waals surface area contributed by atoms with Crippen LogP contribution in [0.4, 0.5) is 0 Å². The Balaban J connectivity index is 1.75. The summed E-state index contributed by atoms with van der Waals surface area (Å²) in [6.45, 7) is -0.589. The van der Waals surface area contributed by atoms with E-state index in [1.807, 2.05) is 30.3 Å². The zero-order valence-corrected chi connectivity index (χ0v) is 15.6. The predicted octanol–water partition coefficient (Wildman–Crippen LogP) is 1.84. The largest absolute Gasteiger partial charge is 0.508 e. The molecule has 2 radical (unpaired) electrons. The molecule has 0 amide bonds. The lowest BCUT2D eigenvalue weighted by Gasteiger charge is -2.38. The van der Waals surface area contributed by atoms with Crippen molar-refractivity contribution in [1.82, 2.24) is 0 Å². The second-order valence-corrected chi connectivity index (χ2v) is 6.39. The summed E-state index contributed by atoms with van der Waals surface area (Å²) in [5.41, 5.74) is 1.52.